The predicted molar refractivity (Wildman–Crippen MR) is 157 cm³/mol. The van der Waals surface area contributed by atoms with Gasteiger partial charge in [0.15, 0.2) is 0 Å². The van der Waals surface area contributed by atoms with Gasteiger partial charge in [0.2, 0.25) is 11.9 Å². The molecule has 210 valence electrons. The normalized spacial score (nSPS) is 15.3. The van der Waals surface area contributed by atoms with E-state index in [2.05, 4.69) is 27.9 Å². The third kappa shape index (κ3) is 6.49. The van der Waals surface area contributed by atoms with Gasteiger partial charge in [-0.1, -0.05) is 64.1 Å². The molecule has 1 aromatic heterocycles. The molecular formula is C30H40ClN5O3. The molecule has 4 N–H and O–H groups in total. The summed E-state index contributed by atoms with van der Waals surface area (Å²) in [7, 11) is 1.84. The van der Waals surface area contributed by atoms with E-state index in [4.69, 9.17) is 11.6 Å². The second-order valence-corrected chi connectivity index (χ2v) is 11.4. The fraction of sp³-hybridized carbons (Fsp3) is 0.500. The highest BCUT2D eigenvalue weighted by atomic mass is 35.5. The van der Waals surface area contributed by atoms with E-state index in [0.29, 0.717) is 34.3 Å². The largest absolute Gasteiger partial charge is 0.506 e. The molecule has 1 aliphatic rings. The number of imidazole rings is 1. The van der Waals surface area contributed by atoms with Crippen LogP contribution in [0.1, 0.15) is 88.1 Å². The van der Waals surface area contributed by atoms with Gasteiger partial charge in [0.1, 0.15) is 5.75 Å². The standard InChI is InChI=1S/C30H40ClN5O3/c1-5-7-14-30(3,6-2)28(39)32-18-19-12-13-26(37)24(15-19)35-29-34-23-16-21(22(31)17-25(23)36(29)4)27(38)33-20-10-8-9-11-20/h12-13,15-17,20,37H,5-11,14,18H2,1-4H3,(H,32,39)(H,33,38)(H,34,35). The van der Waals surface area contributed by atoms with Crippen molar-refractivity contribution >= 4 is 46.1 Å². The van der Waals surface area contributed by atoms with Crippen LogP contribution < -0.4 is 16.0 Å². The zero-order valence-electron chi connectivity index (χ0n) is 23.4. The highest BCUT2D eigenvalue weighted by molar-refractivity contribution is 6.34. The molecule has 1 unspecified atom stereocenters. The number of halogens is 1. The number of carbonyl (C=O) groups excluding carboxylic acids is 2. The van der Waals surface area contributed by atoms with Crippen molar-refractivity contribution in [1.82, 2.24) is 20.2 Å². The number of hydrogen-bond donors (Lipinski definition) is 4. The number of nitrogens with one attached hydrogen (secondary N) is 3. The molecule has 3 aromatic rings. The first kappa shape index (κ1) is 28.7. The van der Waals surface area contributed by atoms with Gasteiger partial charge < -0.3 is 25.6 Å². The first-order chi connectivity index (χ1) is 18.6. The second-order valence-electron chi connectivity index (χ2n) is 10.9. The van der Waals surface area contributed by atoms with Crippen LogP contribution >= 0.6 is 11.6 Å². The molecule has 0 aliphatic heterocycles. The van der Waals surface area contributed by atoms with Crippen LogP contribution in [0.25, 0.3) is 11.0 Å². The monoisotopic (exact) mass is 553 g/mol. The lowest BCUT2D eigenvalue weighted by Gasteiger charge is -2.27. The van der Waals surface area contributed by atoms with Gasteiger partial charge in [-0.05, 0) is 55.5 Å². The number of hydrogen-bond acceptors (Lipinski definition) is 5. The Morgan fingerprint density at radius 1 is 1.18 bits per heavy atom. The number of phenolic OH excluding ortho intramolecular Hbond substituents is 1. The van der Waals surface area contributed by atoms with Crippen molar-refractivity contribution in [2.24, 2.45) is 12.5 Å². The molecule has 2 amide bonds. The third-order valence-electron chi connectivity index (χ3n) is 8.08. The molecule has 1 aliphatic carbocycles. The molecule has 0 radical (unpaired) electrons. The summed E-state index contributed by atoms with van der Waals surface area (Å²) in [5.41, 5.74) is 2.71. The number of unbranched alkanes of at least 4 members (excludes halogenated alkanes) is 1. The number of aromatic hydroxyl groups is 1. The summed E-state index contributed by atoms with van der Waals surface area (Å²) in [4.78, 5) is 30.5. The first-order valence-electron chi connectivity index (χ1n) is 14.0. The number of aryl methyl sites for hydroxylation is 1. The molecule has 4 rings (SSSR count). The average molecular weight is 554 g/mol. The molecule has 1 atom stereocenters. The lowest BCUT2D eigenvalue weighted by Crippen LogP contribution is -2.38. The van der Waals surface area contributed by atoms with Gasteiger partial charge in [0, 0.05) is 25.0 Å². The van der Waals surface area contributed by atoms with Crippen LogP contribution in [-0.4, -0.2) is 32.5 Å². The van der Waals surface area contributed by atoms with E-state index in [9.17, 15) is 14.7 Å². The molecule has 39 heavy (non-hydrogen) atoms. The van der Waals surface area contributed by atoms with Crippen molar-refractivity contribution in [2.45, 2.75) is 84.7 Å². The lowest BCUT2D eigenvalue weighted by atomic mass is 9.81. The summed E-state index contributed by atoms with van der Waals surface area (Å²) in [5, 5.41) is 20.3. The summed E-state index contributed by atoms with van der Waals surface area (Å²) in [5.74, 6) is 0.411. The van der Waals surface area contributed by atoms with Crippen LogP contribution in [-0.2, 0) is 18.4 Å². The number of anilines is 2. The quantitative estimate of drug-likeness (QED) is 0.201. The molecule has 0 bridgehead atoms. The fourth-order valence-corrected chi connectivity index (χ4v) is 5.40. The van der Waals surface area contributed by atoms with Gasteiger partial charge in [0.25, 0.3) is 5.91 Å². The van der Waals surface area contributed by atoms with E-state index in [1.54, 1.807) is 30.3 Å². The van der Waals surface area contributed by atoms with Crippen LogP contribution in [0.4, 0.5) is 11.6 Å². The minimum absolute atomic E-state index is 0.0426. The fourth-order valence-electron chi connectivity index (χ4n) is 5.16. The van der Waals surface area contributed by atoms with Crippen molar-refractivity contribution in [3.63, 3.8) is 0 Å². The van der Waals surface area contributed by atoms with Crippen molar-refractivity contribution < 1.29 is 14.7 Å². The van der Waals surface area contributed by atoms with Crippen LogP contribution in [0.3, 0.4) is 0 Å². The molecule has 9 heteroatoms. The molecule has 1 fully saturated rings. The Morgan fingerprint density at radius 3 is 2.62 bits per heavy atom. The van der Waals surface area contributed by atoms with Gasteiger partial charge in [-0.2, -0.15) is 0 Å². The van der Waals surface area contributed by atoms with Gasteiger partial charge in [-0.3, -0.25) is 9.59 Å². The molecule has 1 saturated carbocycles. The molecule has 2 aromatic carbocycles. The SMILES string of the molecule is CCCCC(C)(CC)C(=O)NCc1ccc(O)c(Nc2nc3cc(C(=O)NC4CCCC4)c(Cl)cc3n2C)c1. The topological polar surface area (TPSA) is 108 Å². The van der Waals surface area contributed by atoms with Crippen molar-refractivity contribution in [3.8, 4) is 5.75 Å². The highest BCUT2D eigenvalue weighted by Crippen LogP contribution is 2.32. The van der Waals surface area contributed by atoms with E-state index in [1.807, 2.05) is 25.5 Å². The number of fused-ring (bicyclic) bond motifs is 1. The zero-order chi connectivity index (χ0) is 28.2. The van der Waals surface area contributed by atoms with Crippen molar-refractivity contribution in [2.75, 3.05) is 5.32 Å². The van der Waals surface area contributed by atoms with E-state index in [-0.39, 0.29) is 23.6 Å². The maximum absolute atomic E-state index is 12.9. The Hall–Kier alpha value is -3.26. The van der Waals surface area contributed by atoms with Crippen LogP contribution in [0, 0.1) is 5.41 Å². The van der Waals surface area contributed by atoms with Crippen LogP contribution in [0.2, 0.25) is 5.02 Å². The number of carbonyl (C=O) groups is 2. The Balaban J connectivity index is 1.50. The minimum Gasteiger partial charge on any atom is -0.506 e. The summed E-state index contributed by atoms with van der Waals surface area (Å²) in [6.07, 6.45) is 7.95. The summed E-state index contributed by atoms with van der Waals surface area (Å²) in [6, 6.07) is 8.84. The zero-order valence-corrected chi connectivity index (χ0v) is 24.1. The summed E-state index contributed by atoms with van der Waals surface area (Å²) in [6.45, 7) is 6.55. The Morgan fingerprint density at radius 2 is 1.92 bits per heavy atom. The second kappa shape index (κ2) is 12.3. The van der Waals surface area contributed by atoms with E-state index in [1.165, 1.54) is 0 Å². The number of amides is 2. The highest BCUT2D eigenvalue weighted by Gasteiger charge is 2.30. The molecule has 8 nitrogen and oxygen atoms in total. The Labute approximate surface area is 235 Å². The third-order valence-corrected chi connectivity index (χ3v) is 8.39. The van der Waals surface area contributed by atoms with Gasteiger partial charge >= 0.3 is 0 Å². The summed E-state index contributed by atoms with van der Waals surface area (Å²) >= 11 is 6.50. The van der Waals surface area contributed by atoms with E-state index >= 15 is 0 Å². The molecule has 0 saturated heterocycles. The number of rotatable bonds is 11. The minimum atomic E-state index is -0.394. The Kier molecular flexibility index (Phi) is 9.05. The summed E-state index contributed by atoms with van der Waals surface area (Å²) < 4.78 is 1.83. The average Bonchev–Trinajstić information content (AvgIpc) is 3.54. The smallest absolute Gasteiger partial charge is 0.253 e. The van der Waals surface area contributed by atoms with E-state index < -0.39 is 5.41 Å². The molecule has 1 heterocycles. The molecular weight excluding hydrogens is 514 g/mol. The van der Waals surface area contributed by atoms with Crippen LogP contribution in [0.5, 0.6) is 5.75 Å². The molecule has 0 spiro atoms. The lowest BCUT2D eigenvalue weighted by molar-refractivity contribution is -0.131. The number of nitrogens with zero attached hydrogens (tertiary/aromatic N) is 2. The number of benzene rings is 2. The van der Waals surface area contributed by atoms with Crippen molar-refractivity contribution in [3.05, 3.63) is 46.5 Å². The van der Waals surface area contributed by atoms with Gasteiger partial charge in [0.05, 0.1) is 27.3 Å². The van der Waals surface area contributed by atoms with Crippen LogP contribution in [0.15, 0.2) is 30.3 Å². The van der Waals surface area contributed by atoms with Gasteiger partial charge in [-0.25, -0.2) is 4.98 Å². The maximum atomic E-state index is 12.9. The first-order valence-corrected chi connectivity index (χ1v) is 14.4. The van der Waals surface area contributed by atoms with Crippen molar-refractivity contribution in [1.29, 1.82) is 0 Å². The number of aromatic nitrogens is 2. The van der Waals surface area contributed by atoms with Gasteiger partial charge in [-0.15, -0.1) is 0 Å². The maximum Gasteiger partial charge on any atom is 0.253 e. The predicted octanol–water partition coefficient (Wildman–Crippen LogP) is 6.57. The van der Waals surface area contributed by atoms with E-state index in [0.717, 1.165) is 62.4 Å². The number of phenols is 1. The Bertz CT molecular complexity index is 1350.